The molecule has 0 aliphatic carbocycles. The van der Waals surface area contributed by atoms with Crippen molar-refractivity contribution >= 4 is 23.5 Å². The largest absolute Gasteiger partial charge is 0.497 e. The van der Waals surface area contributed by atoms with Crippen molar-refractivity contribution in [2.24, 2.45) is 0 Å². The summed E-state index contributed by atoms with van der Waals surface area (Å²) in [6.45, 7) is -0.518. The van der Waals surface area contributed by atoms with Gasteiger partial charge in [0.1, 0.15) is 23.9 Å². The third kappa shape index (κ3) is 4.15. The summed E-state index contributed by atoms with van der Waals surface area (Å²) in [5.41, 5.74) is -0.210. The Bertz CT molecular complexity index is 1160. The molecule has 0 bridgehead atoms. The van der Waals surface area contributed by atoms with Crippen LogP contribution >= 0.6 is 0 Å². The molecule has 4 rings (SSSR count). The molecule has 0 saturated carbocycles. The molecule has 1 saturated heterocycles. The lowest BCUT2D eigenvalue weighted by molar-refractivity contribution is -0.133. The molecule has 1 aliphatic heterocycles. The Morgan fingerprint density at radius 1 is 0.882 bits per heavy atom. The quantitative estimate of drug-likeness (QED) is 0.525. The molecule has 0 unspecified atom stereocenters. The number of imide groups is 1. The minimum absolute atomic E-state index is 0.343. The van der Waals surface area contributed by atoms with Crippen LogP contribution in [-0.4, -0.2) is 43.5 Å². The summed E-state index contributed by atoms with van der Waals surface area (Å²) in [4.78, 5) is 40.1. The Labute approximate surface area is 195 Å². The average Bonchev–Trinajstić information content (AvgIpc) is 3.11. The lowest BCUT2D eigenvalue weighted by Gasteiger charge is -2.28. The van der Waals surface area contributed by atoms with Crippen LogP contribution < -0.4 is 20.1 Å². The first kappa shape index (κ1) is 22.8. The first-order valence-corrected chi connectivity index (χ1v) is 10.4. The van der Waals surface area contributed by atoms with Gasteiger partial charge in [-0.1, -0.05) is 24.3 Å². The van der Waals surface area contributed by atoms with Gasteiger partial charge in [0.25, 0.3) is 5.91 Å². The van der Waals surface area contributed by atoms with Gasteiger partial charge in [-0.3, -0.25) is 14.5 Å². The van der Waals surface area contributed by atoms with Crippen molar-refractivity contribution in [3.8, 4) is 11.5 Å². The van der Waals surface area contributed by atoms with Gasteiger partial charge >= 0.3 is 6.03 Å². The predicted molar refractivity (Wildman–Crippen MR) is 122 cm³/mol. The molecule has 2 N–H and O–H groups in total. The fraction of sp³-hybridized carbons (Fsp3) is 0.160. The van der Waals surface area contributed by atoms with Crippen LogP contribution in [0.5, 0.6) is 11.5 Å². The Hall–Kier alpha value is -4.40. The molecule has 1 aliphatic rings. The van der Waals surface area contributed by atoms with Gasteiger partial charge in [-0.25, -0.2) is 9.18 Å². The maximum absolute atomic E-state index is 13.7. The van der Waals surface area contributed by atoms with E-state index in [1.165, 1.54) is 38.5 Å². The molecule has 1 fully saturated rings. The molecule has 9 heteroatoms. The molecule has 8 nitrogen and oxygen atoms in total. The number of nitrogens with zero attached hydrogens (tertiary/aromatic N) is 1. The molecule has 0 radical (unpaired) electrons. The zero-order chi connectivity index (χ0) is 24.3. The number of anilines is 1. The number of carbonyl (C=O) groups is 3. The Morgan fingerprint density at radius 2 is 1.38 bits per heavy atom. The lowest BCUT2D eigenvalue weighted by atomic mass is 9.82. The van der Waals surface area contributed by atoms with Gasteiger partial charge < -0.3 is 20.1 Å². The van der Waals surface area contributed by atoms with E-state index in [1.54, 1.807) is 48.5 Å². The van der Waals surface area contributed by atoms with E-state index in [2.05, 4.69) is 10.6 Å². The number of rotatable bonds is 7. The summed E-state index contributed by atoms with van der Waals surface area (Å²) in [5.74, 6) is -0.491. The van der Waals surface area contributed by atoms with E-state index < -0.39 is 35.7 Å². The number of benzene rings is 3. The third-order valence-corrected chi connectivity index (χ3v) is 5.58. The molecule has 174 valence electrons. The van der Waals surface area contributed by atoms with E-state index >= 15 is 0 Å². The molecule has 1 heterocycles. The van der Waals surface area contributed by atoms with Crippen molar-refractivity contribution in [1.29, 1.82) is 0 Å². The van der Waals surface area contributed by atoms with Crippen LogP contribution in [0.15, 0.2) is 72.8 Å². The number of ether oxygens (including phenoxy) is 2. The molecule has 4 amide bonds. The lowest BCUT2D eigenvalue weighted by Crippen LogP contribution is -2.45. The zero-order valence-corrected chi connectivity index (χ0v) is 18.5. The number of carbonyl (C=O) groups excluding carboxylic acids is 3. The smallest absolute Gasteiger partial charge is 0.326 e. The van der Waals surface area contributed by atoms with E-state index in [9.17, 15) is 18.8 Å². The molecule has 0 spiro atoms. The van der Waals surface area contributed by atoms with Gasteiger partial charge in [0.05, 0.1) is 14.2 Å². The van der Waals surface area contributed by atoms with Crippen LogP contribution in [0, 0.1) is 5.82 Å². The van der Waals surface area contributed by atoms with E-state index in [0.717, 1.165) is 4.90 Å². The Kier molecular flexibility index (Phi) is 6.18. The minimum Gasteiger partial charge on any atom is -0.497 e. The number of halogens is 1. The highest BCUT2D eigenvalue weighted by atomic mass is 19.1. The van der Waals surface area contributed by atoms with Gasteiger partial charge in [-0.2, -0.15) is 0 Å². The Balaban J connectivity index is 1.67. The number of methoxy groups -OCH3 is 2. The second-order valence-corrected chi connectivity index (χ2v) is 7.58. The summed E-state index contributed by atoms with van der Waals surface area (Å²) in [7, 11) is 3.05. The van der Waals surface area contributed by atoms with E-state index in [4.69, 9.17) is 9.47 Å². The fourth-order valence-electron chi connectivity index (χ4n) is 3.84. The maximum Gasteiger partial charge on any atom is 0.326 e. The molecular formula is C25H22FN3O5. The highest BCUT2D eigenvalue weighted by Gasteiger charge is 2.54. The summed E-state index contributed by atoms with van der Waals surface area (Å²) in [5, 5.41) is 5.34. The summed E-state index contributed by atoms with van der Waals surface area (Å²) < 4.78 is 23.5. The second-order valence-electron chi connectivity index (χ2n) is 7.58. The van der Waals surface area contributed by atoms with Crippen LogP contribution in [0.2, 0.25) is 0 Å². The number of nitrogens with one attached hydrogen (secondary N) is 2. The molecule has 0 aromatic heterocycles. The van der Waals surface area contributed by atoms with Crippen LogP contribution in [0.1, 0.15) is 11.1 Å². The number of hydrogen-bond acceptors (Lipinski definition) is 5. The normalized spacial score (nSPS) is 14.5. The fourth-order valence-corrected chi connectivity index (χ4v) is 3.84. The number of amides is 4. The monoisotopic (exact) mass is 463 g/mol. The molecule has 3 aromatic rings. The van der Waals surface area contributed by atoms with Crippen molar-refractivity contribution in [3.05, 3.63) is 89.7 Å². The van der Waals surface area contributed by atoms with Crippen molar-refractivity contribution in [3.63, 3.8) is 0 Å². The van der Waals surface area contributed by atoms with Crippen molar-refractivity contribution in [2.45, 2.75) is 5.54 Å². The molecule has 0 atom stereocenters. The second kappa shape index (κ2) is 9.22. The van der Waals surface area contributed by atoms with Crippen LogP contribution in [0.25, 0.3) is 0 Å². The predicted octanol–water partition coefficient (Wildman–Crippen LogP) is 3.28. The van der Waals surface area contributed by atoms with E-state index in [0.29, 0.717) is 28.3 Å². The maximum atomic E-state index is 13.7. The standard InChI is InChI=1S/C25H22FN3O5/c1-33-20-11-3-16(4-12-20)25(17-5-13-21(34-2)14-6-17)23(31)29(24(32)28-25)15-22(30)27-19-9-7-18(26)8-10-19/h3-14H,15H2,1-2H3,(H,27,30)(H,28,32). The zero-order valence-electron chi connectivity index (χ0n) is 18.5. The van der Waals surface area contributed by atoms with E-state index in [1.807, 2.05) is 0 Å². The van der Waals surface area contributed by atoms with Crippen molar-refractivity contribution in [2.75, 3.05) is 26.1 Å². The topological polar surface area (TPSA) is 97.0 Å². The number of urea groups is 1. The van der Waals surface area contributed by atoms with Crippen LogP contribution in [-0.2, 0) is 15.1 Å². The summed E-state index contributed by atoms with van der Waals surface area (Å²) >= 11 is 0. The molecule has 34 heavy (non-hydrogen) atoms. The van der Waals surface area contributed by atoms with Gasteiger partial charge in [0, 0.05) is 5.69 Å². The first-order chi connectivity index (χ1) is 16.4. The number of hydrogen-bond donors (Lipinski definition) is 2. The van der Waals surface area contributed by atoms with Crippen molar-refractivity contribution in [1.82, 2.24) is 10.2 Å². The molecular weight excluding hydrogens is 441 g/mol. The molecule has 3 aromatic carbocycles. The highest BCUT2D eigenvalue weighted by Crippen LogP contribution is 2.37. The minimum atomic E-state index is -1.55. The summed E-state index contributed by atoms with van der Waals surface area (Å²) in [6, 6.07) is 17.9. The van der Waals surface area contributed by atoms with Crippen LogP contribution in [0.4, 0.5) is 14.9 Å². The van der Waals surface area contributed by atoms with Gasteiger partial charge in [-0.15, -0.1) is 0 Å². The highest BCUT2D eigenvalue weighted by molar-refractivity contribution is 6.12. The summed E-state index contributed by atoms with van der Waals surface area (Å²) in [6.07, 6.45) is 0. The average molecular weight is 463 g/mol. The van der Waals surface area contributed by atoms with Crippen molar-refractivity contribution < 1.29 is 28.2 Å². The van der Waals surface area contributed by atoms with Gasteiger partial charge in [0.2, 0.25) is 5.91 Å². The van der Waals surface area contributed by atoms with Gasteiger partial charge in [0.15, 0.2) is 5.54 Å². The van der Waals surface area contributed by atoms with E-state index in [-0.39, 0.29) is 0 Å². The Morgan fingerprint density at radius 3 is 1.85 bits per heavy atom. The third-order valence-electron chi connectivity index (χ3n) is 5.58. The first-order valence-electron chi connectivity index (χ1n) is 10.4. The van der Waals surface area contributed by atoms with Crippen LogP contribution in [0.3, 0.4) is 0 Å². The van der Waals surface area contributed by atoms with Gasteiger partial charge in [-0.05, 0) is 59.7 Å². The SMILES string of the molecule is COc1ccc(C2(c3ccc(OC)cc3)NC(=O)N(CC(=O)Nc3ccc(F)cc3)C2=O)cc1.